The van der Waals surface area contributed by atoms with E-state index < -0.39 is 17.8 Å². The van der Waals surface area contributed by atoms with Gasteiger partial charge in [0.15, 0.2) is 0 Å². The third-order valence-corrected chi connectivity index (χ3v) is 3.82. The molecule has 0 aliphatic rings. The van der Waals surface area contributed by atoms with Crippen LogP contribution in [0.5, 0.6) is 5.75 Å². The molecule has 2 rings (SSSR count). The Labute approximate surface area is 167 Å². The van der Waals surface area contributed by atoms with Gasteiger partial charge < -0.3 is 20.9 Å². The molecule has 0 fully saturated rings. The summed E-state index contributed by atoms with van der Waals surface area (Å²) >= 11 is 0. The second-order valence-electron chi connectivity index (χ2n) is 5.99. The van der Waals surface area contributed by atoms with Crippen molar-refractivity contribution in [2.24, 2.45) is 0 Å². The first-order valence-electron chi connectivity index (χ1n) is 8.34. The molecule has 0 radical (unpaired) electrons. The van der Waals surface area contributed by atoms with Crippen molar-refractivity contribution in [1.29, 1.82) is 0 Å². The smallest absolute Gasteiger partial charge is 0.416 e. The standard InChI is InChI=1S/C19H21F3N2O3.ClH/c20-19(21,22)14-5-3-6-16(10-14)27-12-15(25)11-24-18(26)9-8-13-4-1-2-7-17(13)23;/h1-7,10,15,25H,8-9,11-12,23H2,(H,24,26);1H. The van der Waals surface area contributed by atoms with Crippen LogP contribution in [0.15, 0.2) is 48.5 Å². The number of para-hydroxylation sites is 1. The van der Waals surface area contributed by atoms with Gasteiger partial charge in [-0.1, -0.05) is 24.3 Å². The van der Waals surface area contributed by atoms with Crippen molar-refractivity contribution in [3.63, 3.8) is 0 Å². The minimum Gasteiger partial charge on any atom is -0.491 e. The predicted molar refractivity (Wildman–Crippen MR) is 102 cm³/mol. The van der Waals surface area contributed by atoms with Gasteiger partial charge in [-0.05, 0) is 36.2 Å². The minimum absolute atomic E-state index is 0. The predicted octanol–water partition coefficient (Wildman–Crippen LogP) is 3.20. The van der Waals surface area contributed by atoms with E-state index in [2.05, 4.69) is 5.32 Å². The lowest BCUT2D eigenvalue weighted by atomic mass is 10.1. The lowest BCUT2D eigenvalue weighted by Gasteiger charge is -2.14. The summed E-state index contributed by atoms with van der Waals surface area (Å²) in [5.74, 6) is -0.272. The third-order valence-electron chi connectivity index (χ3n) is 3.82. The molecule has 4 N–H and O–H groups in total. The molecular weight excluding hydrogens is 397 g/mol. The van der Waals surface area contributed by atoms with Crippen LogP contribution in [-0.4, -0.2) is 30.3 Å². The first-order valence-corrected chi connectivity index (χ1v) is 8.34. The molecule has 0 saturated carbocycles. The van der Waals surface area contributed by atoms with E-state index in [-0.39, 0.29) is 43.6 Å². The number of nitrogens with one attached hydrogen (secondary N) is 1. The maximum absolute atomic E-state index is 12.6. The highest BCUT2D eigenvalue weighted by atomic mass is 35.5. The molecule has 1 amide bonds. The largest absolute Gasteiger partial charge is 0.491 e. The SMILES string of the molecule is Cl.Nc1ccccc1CCC(=O)NCC(O)COc1cccc(C(F)(F)F)c1. The molecule has 0 bridgehead atoms. The number of rotatable bonds is 8. The number of anilines is 1. The van der Waals surface area contributed by atoms with Gasteiger partial charge in [0.05, 0.1) is 5.56 Å². The number of aliphatic hydroxyl groups excluding tert-OH is 1. The zero-order valence-electron chi connectivity index (χ0n) is 14.9. The number of nitrogen functional groups attached to an aromatic ring is 1. The molecule has 2 aromatic carbocycles. The summed E-state index contributed by atoms with van der Waals surface area (Å²) in [4.78, 5) is 11.8. The number of carbonyl (C=O) groups excluding carboxylic acids is 1. The summed E-state index contributed by atoms with van der Waals surface area (Å²) in [6, 6.07) is 11.6. The molecule has 1 atom stereocenters. The second kappa shape index (κ2) is 10.8. The van der Waals surface area contributed by atoms with Crippen molar-refractivity contribution in [1.82, 2.24) is 5.32 Å². The number of benzene rings is 2. The van der Waals surface area contributed by atoms with Crippen molar-refractivity contribution in [3.8, 4) is 5.75 Å². The van der Waals surface area contributed by atoms with Gasteiger partial charge in [-0.2, -0.15) is 13.2 Å². The van der Waals surface area contributed by atoms with Crippen molar-refractivity contribution < 1.29 is 27.8 Å². The van der Waals surface area contributed by atoms with Crippen LogP contribution in [0.4, 0.5) is 18.9 Å². The number of hydrogen-bond acceptors (Lipinski definition) is 4. The van der Waals surface area contributed by atoms with Gasteiger partial charge in [0.2, 0.25) is 5.91 Å². The van der Waals surface area contributed by atoms with Crippen LogP contribution in [0.25, 0.3) is 0 Å². The first-order chi connectivity index (χ1) is 12.8. The highest BCUT2D eigenvalue weighted by Gasteiger charge is 2.30. The number of nitrogens with two attached hydrogens (primary N) is 1. The van der Waals surface area contributed by atoms with Gasteiger partial charge in [0.1, 0.15) is 18.5 Å². The van der Waals surface area contributed by atoms with Crippen LogP contribution in [0.2, 0.25) is 0 Å². The monoisotopic (exact) mass is 418 g/mol. The average molecular weight is 419 g/mol. The summed E-state index contributed by atoms with van der Waals surface area (Å²) in [5, 5.41) is 12.4. The average Bonchev–Trinajstić information content (AvgIpc) is 2.63. The van der Waals surface area contributed by atoms with Crippen LogP contribution < -0.4 is 15.8 Å². The number of aliphatic hydroxyl groups is 1. The van der Waals surface area contributed by atoms with Crippen LogP contribution in [0.3, 0.4) is 0 Å². The normalized spacial score (nSPS) is 12.0. The lowest BCUT2D eigenvalue weighted by molar-refractivity contribution is -0.137. The molecule has 5 nitrogen and oxygen atoms in total. The Morgan fingerprint density at radius 2 is 1.89 bits per heavy atom. The minimum atomic E-state index is -4.46. The number of aryl methyl sites for hydroxylation is 1. The highest BCUT2D eigenvalue weighted by Crippen LogP contribution is 2.31. The highest BCUT2D eigenvalue weighted by molar-refractivity contribution is 5.85. The molecule has 28 heavy (non-hydrogen) atoms. The number of halogens is 4. The molecule has 9 heteroatoms. The number of ether oxygens (including phenoxy) is 1. The topological polar surface area (TPSA) is 84.6 Å². The summed E-state index contributed by atoms with van der Waals surface area (Å²) in [7, 11) is 0. The molecule has 0 saturated heterocycles. The van der Waals surface area contributed by atoms with Crippen LogP contribution in [-0.2, 0) is 17.4 Å². The molecule has 0 heterocycles. The molecule has 2 aromatic rings. The summed E-state index contributed by atoms with van der Waals surface area (Å²) in [6.45, 7) is -0.310. The Hall–Kier alpha value is -2.45. The van der Waals surface area contributed by atoms with E-state index in [1.54, 1.807) is 12.1 Å². The van der Waals surface area contributed by atoms with E-state index in [1.165, 1.54) is 12.1 Å². The fraction of sp³-hybridized carbons (Fsp3) is 0.316. The molecule has 0 spiro atoms. The molecule has 0 aromatic heterocycles. The Kier molecular flexibility index (Phi) is 9.08. The fourth-order valence-electron chi connectivity index (χ4n) is 2.34. The molecule has 0 aliphatic carbocycles. The molecule has 0 aliphatic heterocycles. The Balaban J connectivity index is 0.00000392. The van der Waals surface area contributed by atoms with Gasteiger partial charge >= 0.3 is 6.18 Å². The van der Waals surface area contributed by atoms with Crippen molar-refractivity contribution in [2.75, 3.05) is 18.9 Å². The Morgan fingerprint density at radius 3 is 2.57 bits per heavy atom. The summed E-state index contributed by atoms with van der Waals surface area (Å²) < 4.78 is 43.1. The zero-order valence-corrected chi connectivity index (χ0v) is 15.7. The molecule has 154 valence electrons. The number of carbonyl (C=O) groups is 1. The van der Waals surface area contributed by atoms with Crippen LogP contribution in [0, 0.1) is 0 Å². The van der Waals surface area contributed by atoms with E-state index in [4.69, 9.17) is 10.5 Å². The maximum Gasteiger partial charge on any atom is 0.416 e. The van der Waals surface area contributed by atoms with Crippen molar-refractivity contribution in [2.45, 2.75) is 25.1 Å². The molecule has 1 unspecified atom stereocenters. The second-order valence-corrected chi connectivity index (χ2v) is 5.99. The van der Waals surface area contributed by atoms with E-state index in [1.807, 2.05) is 12.1 Å². The Bertz CT molecular complexity index is 772. The van der Waals surface area contributed by atoms with E-state index in [0.717, 1.165) is 17.7 Å². The van der Waals surface area contributed by atoms with Gasteiger partial charge in [0, 0.05) is 18.7 Å². The number of alkyl halides is 3. The van der Waals surface area contributed by atoms with E-state index >= 15 is 0 Å². The third kappa shape index (κ3) is 7.66. The first kappa shape index (κ1) is 23.6. The quantitative estimate of drug-likeness (QED) is 0.575. The Morgan fingerprint density at radius 1 is 1.18 bits per heavy atom. The fourth-order valence-corrected chi connectivity index (χ4v) is 2.34. The van der Waals surface area contributed by atoms with Crippen LogP contribution in [0.1, 0.15) is 17.5 Å². The summed E-state index contributed by atoms with van der Waals surface area (Å²) in [5.41, 5.74) is 6.45. The maximum atomic E-state index is 12.6. The molecular formula is C19H22ClF3N2O3. The summed E-state index contributed by atoms with van der Waals surface area (Å²) in [6.07, 6.45) is -4.84. The lowest BCUT2D eigenvalue weighted by Crippen LogP contribution is -2.35. The van der Waals surface area contributed by atoms with Gasteiger partial charge in [-0.3, -0.25) is 4.79 Å². The van der Waals surface area contributed by atoms with Gasteiger partial charge in [-0.15, -0.1) is 12.4 Å². The van der Waals surface area contributed by atoms with Crippen molar-refractivity contribution in [3.05, 3.63) is 59.7 Å². The van der Waals surface area contributed by atoms with E-state index in [9.17, 15) is 23.1 Å². The van der Waals surface area contributed by atoms with Gasteiger partial charge in [0.25, 0.3) is 0 Å². The number of amides is 1. The zero-order chi connectivity index (χ0) is 19.9. The van der Waals surface area contributed by atoms with E-state index in [0.29, 0.717) is 12.1 Å². The van der Waals surface area contributed by atoms with Gasteiger partial charge in [-0.25, -0.2) is 0 Å². The van der Waals surface area contributed by atoms with Crippen LogP contribution >= 0.6 is 12.4 Å². The van der Waals surface area contributed by atoms with Crippen molar-refractivity contribution >= 4 is 24.0 Å². The number of hydrogen-bond donors (Lipinski definition) is 3.